The predicted octanol–water partition coefficient (Wildman–Crippen LogP) is 6.26. The first kappa shape index (κ1) is 28.3. The Labute approximate surface area is 229 Å². The van der Waals surface area contributed by atoms with Gasteiger partial charge in [-0.25, -0.2) is 9.59 Å². The van der Waals surface area contributed by atoms with E-state index in [1.165, 1.54) is 0 Å². The molecule has 8 heteroatoms. The summed E-state index contributed by atoms with van der Waals surface area (Å²) in [7, 11) is -4.17. The minimum absolute atomic E-state index is 0.0677. The molecule has 4 rings (SSSR count). The summed E-state index contributed by atoms with van der Waals surface area (Å²) in [5.41, 5.74) is 4.17. The second-order valence-corrected chi connectivity index (χ2v) is 13.1. The molecule has 0 aromatic heterocycles. The molecule has 0 spiro atoms. The van der Waals surface area contributed by atoms with Crippen molar-refractivity contribution in [1.82, 2.24) is 5.32 Å². The summed E-state index contributed by atoms with van der Waals surface area (Å²) in [4.78, 5) is 36.5. The minimum Gasteiger partial charge on any atom is -0.457 e. The predicted molar refractivity (Wildman–Crippen MR) is 152 cm³/mol. The highest BCUT2D eigenvalue weighted by atomic mass is 31.2. The van der Waals surface area contributed by atoms with Gasteiger partial charge in [-0.3, -0.25) is 4.57 Å². The van der Waals surface area contributed by atoms with Crippen molar-refractivity contribution in [1.29, 1.82) is 0 Å². The number of carbonyl (C=O) groups excluding carboxylic acids is 2. The number of nitrogens with one attached hydrogen (secondary N) is 1. The quantitative estimate of drug-likeness (QED) is 0.186. The van der Waals surface area contributed by atoms with Gasteiger partial charge in [0.2, 0.25) is 7.37 Å². The van der Waals surface area contributed by atoms with Gasteiger partial charge in [0.25, 0.3) is 0 Å². The fraction of sp³-hybridized carbons (Fsp3) is 0.290. The molecule has 2 atom stereocenters. The van der Waals surface area contributed by atoms with Crippen molar-refractivity contribution in [3.8, 4) is 11.1 Å². The molecule has 39 heavy (non-hydrogen) atoms. The Bertz CT molecular complexity index is 1370. The van der Waals surface area contributed by atoms with Crippen LogP contribution in [0, 0.1) is 0 Å². The third kappa shape index (κ3) is 7.05. The zero-order chi connectivity index (χ0) is 28.2. The zero-order valence-corrected chi connectivity index (χ0v) is 23.3. The smallest absolute Gasteiger partial charge is 0.407 e. The number of hydrogen-bond acceptors (Lipinski definition) is 5. The summed E-state index contributed by atoms with van der Waals surface area (Å²) in [6, 6.07) is 25.0. The van der Waals surface area contributed by atoms with E-state index in [0.29, 0.717) is 0 Å². The van der Waals surface area contributed by atoms with Gasteiger partial charge in [-0.15, -0.1) is 0 Å². The van der Waals surface area contributed by atoms with Gasteiger partial charge in [0.15, 0.2) is 0 Å². The molecule has 0 saturated heterocycles. The van der Waals surface area contributed by atoms with Gasteiger partial charge >= 0.3 is 12.1 Å². The van der Waals surface area contributed by atoms with Crippen molar-refractivity contribution in [3.05, 3.63) is 108 Å². The average molecular weight is 548 g/mol. The highest BCUT2D eigenvalue weighted by molar-refractivity contribution is 7.59. The number of ether oxygens (including phenoxy) is 2. The van der Waals surface area contributed by atoms with Crippen LogP contribution in [0.1, 0.15) is 43.4 Å². The van der Waals surface area contributed by atoms with Gasteiger partial charge in [-0.2, -0.15) is 0 Å². The summed E-state index contributed by atoms with van der Waals surface area (Å²) in [6.07, 6.45) is -1.27. The number of carbonyl (C=O) groups is 2. The maximum absolute atomic E-state index is 13.5. The molecule has 0 radical (unpaired) electrons. The number of benzene rings is 3. The second kappa shape index (κ2) is 11.6. The Balaban J connectivity index is 1.48. The summed E-state index contributed by atoms with van der Waals surface area (Å²) < 4.78 is 24.5. The van der Waals surface area contributed by atoms with Gasteiger partial charge in [0.05, 0.1) is 6.16 Å². The molecule has 0 heterocycles. The molecular weight excluding hydrogens is 513 g/mol. The second-order valence-electron chi connectivity index (χ2n) is 10.7. The van der Waals surface area contributed by atoms with E-state index in [0.717, 1.165) is 27.8 Å². The average Bonchev–Trinajstić information content (AvgIpc) is 3.20. The minimum atomic E-state index is -4.17. The number of fused-ring (bicyclic) bond motifs is 3. The number of rotatable bonds is 9. The summed E-state index contributed by atoms with van der Waals surface area (Å²) >= 11 is 0. The van der Waals surface area contributed by atoms with E-state index < -0.39 is 37.0 Å². The SMILES string of the molecule is C=C(CP(=O)(O)C(Cc1ccccc1)NC(=O)OCC1c2ccccc2-c2ccccc21)C(=O)OC(C)(C)C. The lowest BCUT2D eigenvalue weighted by Gasteiger charge is -2.26. The summed E-state index contributed by atoms with van der Waals surface area (Å²) in [5.74, 6) is -2.10. The molecule has 0 fully saturated rings. The largest absolute Gasteiger partial charge is 0.457 e. The lowest BCUT2D eigenvalue weighted by Crippen LogP contribution is -2.38. The van der Waals surface area contributed by atoms with Crippen LogP contribution in [0.3, 0.4) is 0 Å². The monoisotopic (exact) mass is 547 g/mol. The fourth-order valence-corrected chi connectivity index (χ4v) is 6.41. The molecule has 3 aromatic rings. The Kier molecular flexibility index (Phi) is 8.43. The Morgan fingerprint density at radius 1 is 0.949 bits per heavy atom. The highest BCUT2D eigenvalue weighted by Gasteiger charge is 2.36. The van der Waals surface area contributed by atoms with Gasteiger partial charge in [-0.05, 0) is 48.6 Å². The lowest BCUT2D eigenvalue weighted by atomic mass is 9.98. The number of hydrogen-bond donors (Lipinski definition) is 2. The molecule has 7 nitrogen and oxygen atoms in total. The molecule has 2 N–H and O–H groups in total. The van der Waals surface area contributed by atoms with E-state index in [-0.39, 0.29) is 24.5 Å². The number of esters is 1. The van der Waals surface area contributed by atoms with E-state index >= 15 is 0 Å². The first-order valence-electron chi connectivity index (χ1n) is 12.8. The number of alkyl carbamates (subject to hydrolysis) is 1. The van der Waals surface area contributed by atoms with Crippen molar-refractivity contribution >= 4 is 19.4 Å². The van der Waals surface area contributed by atoms with E-state index in [2.05, 4.69) is 11.9 Å². The Morgan fingerprint density at radius 2 is 1.49 bits per heavy atom. The molecule has 1 aliphatic carbocycles. The maximum atomic E-state index is 13.5. The lowest BCUT2D eigenvalue weighted by molar-refractivity contribution is -0.149. The Hall–Kier alpha value is -3.67. The van der Waals surface area contributed by atoms with Gasteiger partial charge in [-0.1, -0.05) is 85.4 Å². The molecule has 0 bridgehead atoms. The topological polar surface area (TPSA) is 102 Å². The molecular formula is C31H34NO6P. The fourth-order valence-electron chi connectivity index (χ4n) is 4.71. The first-order chi connectivity index (χ1) is 18.4. The molecule has 1 amide bonds. The van der Waals surface area contributed by atoms with Crippen LogP contribution in [-0.2, 0) is 25.3 Å². The van der Waals surface area contributed by atoms with Crippen LogP contribution < -0.4 is 5.32 Å². The number of amides is 1. The van der Waals surface area contributed by atoms with E-state index in [9.17, 15) is 19.0 Å². The summed E-state index contributed by atoms with van der Waals surface area (Å²) in [6.45, 7) is 8.85. The summed E-state index contributed by atoms with van der Waals surface area (Å²) in [5, 5.41) is 2.60. The van der Waals surface area contributed by atoms with E-state index in [1.54, 1.807) is 32.9 Å². The Morgan fingerprint density at radius 3 is 2.05 bits per heavy atom. The third-order valence-electron chi connectivity index (χ3n) is 6.49. The van der Waals surface area contributed by atoms with Crippen molar-refractivity contribution in [2.24, 2.45) is 0 Å². The van der Waals surface area contributed by atoms with Crippen LogP contribution in [0.25, 0.3) is 11.1 Å². The van der Waals surface area contributed by atoms with E-state index in [4.69, 9.17) is 9.47 Å². The first-order valence-corrected chi connectivity index (χ1v) is 14.7. The van der Waals surface area contributed by atoms with Crippen molar-refractivity contribution < 1.29 is 28.5 Å². The molecule has 2 unspecified atom stereocenters. The molecule has 1 aliphatic rings. The zero-order valence-electron chi connectivity index (χ0n) is 22.4. The van der Waals surface area contributed by atoms with Crippen molar-refractivity contribution in [2.45, 2.75) is 44.5 Å². The van der Waals surface area contributed by atoms with Crippen LogP contribution in [0.15, 0.2) is 91.0 Å². The van der Waals surface area contributed by atoms with Crippen LogP contribution in [0.4, 0.5) is 4.79 Å². The molecule has 0 aliphatic heterocycles. The van der Waals surface area contributed by atoms with Crippen LogP contribution >= 0.6 is 7.37 Å². The van der Waals surface area contributed by atoms with Gasteiger partial charge in [0.1, 0.15) is 18.0 Å². The maximum Gasteiger partial charge on any atom is 0.407 e. The third-order valence-corrected chi connectivity index (χ3v) is 8.61. The molecule has 204 valence electrons. The van der Waals surface area contributed by atoms with Crippen molar-refractivity contribution in [2.75, 3.05) is 12.8 Å². The van der Waals surface area contributed by atoms with Gasteiger partial charge < -0.3 is 19.7 Å². The van der Waals surface area contributed by atoms with Crippen LogP contribution in [0.2, 0.25) is 0 Å². The molecule has 3 aromatic carbocycles. The van der Waals surface area contributed by atoms with Crippen LogP contribution in [0.5, 0.6) is 0 Å². The van der Waals surface area contributed by atoms with Gasteiger partial charge in [0, 0.05) is 17.9 Å². The standard InChI is InChI=1S/C31H34NO6P/c1-21(29(33)38-31(2,3)4)20-39(35,36)28(18-22-12-6-5-7-13-22)32-30(34)37-19-27-25-16-10-8-14-23(25)24-15-9-11-17-26(24)27/h5-17,27-28H,1,18-20H2,2-4H3,(H,32,34)(H,35,36). The van der Waals surface area contributed by atoms with Crippen LogP contribution in [-0.4, -0.2) is 41.1 Å². The van der Waals surface area contributed by atoms with E-state index in [1.807, 2.05) is 66.7 Å². The van der Waals surface area contributed by atoms with Crippen molar-refractivity contribution in [3.63, 3.8) is 0 Å². The molecule has 0 saturated carbocycles. The normalized spacial score (nSPS) is 14.9. The highest BCUT2D eigenvalue weighted by Crippen LogP contribution is 2.48.